The van der Waals surface area contributed by atoms with E-state index in [0.717, 1.165) is 68.4 Å². The molecule has 7 nitrogen and oxygen atoms in total. The highest BCUT2D eigenvalue weighted by Gasteiger charge is 2.71. The van der Waals surface area contributed by atoms with Gasteiger partial charge in [0.1, 0.15) is 6.10 Å². The number of benzene rings is 1. The van der Waals surface area contributed by atoms with Gasteiger partial charge in [-0.3, -0.25) is 14.6 Å². The van der Waals surface area contributed by atoms with Gasteiger partial charge < -0.3 is 19.5 Å². The van der Waals surface area contributed by atoms with E-state index in [1.807, 2.05) is 4.90 Å². The second kappa shape index (κ2) is 8.08. The summed E-state index contributed by atoms with van der Waals surface area (Å²) in [6.07, 6.45) is 5.86. The Morgan fingerprint density at radius 3 is 2.75 bits per heavy atom. The molecular weight excluding hydrogens is 454 g/mol. The Balaban J connectivity index is 1.29. The van der Waals surface area contributed by atoms with E-state index in [1.54, 1.807) is 7.11 Å². The molecule has 196 valence electrons. The lowest BCUT2D eigenvalue weighted by molar-refractivity contribution is -0.162. The van der Waals surface area contributed by atoms with Gasteiger partial charge in [0.15, 0.2) is 11.5 Å². The molecule has 1 amide bonds. The second-order valence-electron chi connectivity index (χ2n) is 12.7. The average Bonchev–Trinajstić information content (AvgIpc) is 3.50. The summed E-state index contributed by atoms with van der Waals surface area (Å²) < 4.78 is 12.7. The van der Waals surface area contributed by atoms with Gasteiger partial charge in [0.2, 0.25) is 5.91 Å². The molecule has 36 heavy (non-hydrogen) atoms. The van der Waals surface area contributed by atoms with Gasteiger partial charge in [0.25, 0.3) is 0 Å². The topological polar surface area (TPSA) is 65.5 Å². The van der Waals surface area contributed by atoms with Crippen LogP contribution in [0.25, 0.3) is 0 Å². The zero-order chi connectivity index (χ0) is 24.8. The van der Waals surface area contributed by atoms with Crippen molar-refractivity contribution in [3.8, 4) is 11.5 Å². The number of carbonyl (C=O) groups excluding carboxylic acids is 1. The van der Waals surface area contributed by atoms with Crippen LogP contribution in [-0.4, -0.2) is 96.4 Å². The minimum Gasteiger partial charge on any atom is -0.493 e. The number of nitrogens with zero attached hydrogens (tertiary/aromatic N) is 3. The highest BCUT2D eigenvalue weighted by atomic mass is 16.5. The molecule has 4 aliphatic heterocycles. The van der Waals surface area contributed by atoms with Crippen LogP contribution < -0.4 is 9.47 Å². The van der Waals surface area contributed by atoms with Crippen LogP contribution in [0.15, 0.2) is 6.07 Å². The molecule has 1 saturated carbocycles. The summed E-state index contributed by atoms with van der Waals surface area (Å²) in [6.45, 7) is 10.0. The number of ether oxygens (including phenoxy) is 2. The normalized spacial score (nSPS) is 37.4. The SMILES string of the molecule is COc1c(C)cc2c3c1O[C@H]1CN(C(=O)CN4CC[C@@H](C)C4)CC[C@@]4(O)[C@@H](C2)N(CC2CC2)CC[C@]314. The number of hydrogen-bond acceptors (Lipinski definition) is 6. The van der Waals surface area contributed by atoms with Crippen molar-refractivity contribution in [1.82, 2.24) is 14.7 Å². The van der Waals surface area contributed by atoms with Crippen molar-refractivity contribution < 1.29 is 19.4 Å². The van der Waals surface area contributed by atoms with Crippen LogP contribution in [0.5, 0.6) is 11.5 Å². The van der Waals surface area contributed by atoms with Gasteiger partial charge in [0.05, 0.1) is 31.2 Å². The molecule has 1 aromatic rings. The highest BCUT2D eigenvalue weighted by molar-refractivity contribution is 5.79. The Bertz CT molecular complexity index is 1090. The molecule has 2 bridgehead atoms. The summed E-state index contributed by atoms with van der Waals surface area (Å²) in [7, 11) is 1.71. The molecule has 0 aromatic heterocycles. The van der Waals surface area contributed by atoms with Gasteiger partial charge in [-0.15, -0.1) is 0 Å². The van der Waals surface area contributed by atoms with Gasteiger partial charge in [-0.1, -0.05) is 13.0 Å². The summed E-state index contributed by atoms with van der Waals surface area (Å²) in [5.41, 5.74) is 2.18. The Morgan fingerprint density at radius 1 is 1.19 bits per heavy atom. The highest BCUT2D eigenvalue weighted by Crippen LogP contribution is 2.64. The molecule has 7 heteroatoms. The predicted octanol–water partition coefficient (Wildman–Crippen LogP) is 2.35. The maximum atomic E-state index is 13.6. The smallest absolute Gasteiger partial charge is 0.236 e. The zero-order valence-electron chi connectivity index (χ0n) is 22.1. The van der Waals surface area contributed by atoms with E-state index in [2.05, 4.69) is 29.7 Å². The number of hydrogen-bond donors (Lipinski definition) is 1. The summed E-state index contributed by atoms with van der Waals surface area (Å²) in [4.78, 5) is 20.5. The second-order valence-corrected chi connectivity index (χ2v) is 12.7. The summed E-state index contributed by atoms with van der Waals surface area (Å²) in [5, 5.41) is 12.8. The molecule has 1 aromatic carbocycles. The van der Waals surface area contributed by atoms with Gasteiger partial charge in [-0.25, -0.2) is 0 Å². The molecule has 1 N–H and O–H groups in total. The van der Waals surface area contributed by atoms with E-state index >= 15 is 0 Å². The van der Waals surface area contributed by atoms with Gasteiger partial charge in [0, 0.05) is 31.2 Å². The number of carbonyl (C=O) groups is 1. The van der Waals surface area contributed by atoms with Crippen LogP contribution in [0, 0.1) is 18.8 Å². The Kier molecular flexibility index (Phi) is 5.23. The van der Waals surface area contributed by atoms with Crippen molar-refractivity contribution in [3.05, 3.63) is 22.8 Å². The fraction of sp³-hybridized carbons (Fsp3) is 0.759. The fourth-order valence-corrected chi connectivity index (χ4v) is 8.55. The van der Waals surface area contributed by atoms with E-state index in [9.17, 15) is 9.90 Å². The van der Waals surface area contributed by atoms with Gasteiger partial charge in [-0.05, 0) is 81.5 Å². The van der Waals surface area contributed by atoms with Crippen LogP contribution in [0.3, 0.4) is 0 Å². The Hall–Kier alpha value is -1.83. The van der Waals surface area contributed by atoms with Crippen molar-refractivity contribution in [1.29, 1.82) is 0 Å². The molecular formula is C29H41N3O4. The van der Waals surface area contributed by atoms with Gasteiger partial charge >= 0.3 is 0 Å². The first-order valence-electron chi connectivity index (χ1n) is 14.2. The van der Waals surface area contributed by atoms with Crippen LogP contribution in [0.4, 0.5) is 0 Å². The molecule has 0 radical (unpaired) electrons. The third-order valence-corrected chi connectivity index (χ3v) is 10.5. The first-order valence-corrected chi connectivity index (χ1v) is 14.2. The first-order chi connectivity index (χ1) is 17.3. The molecule has 4 fully saturated rings. The molecule has 4 heterocycles. The van der Waals surface area contributed by atoms with Crippen molar-refractivity contribution in [2.45, 2.75) is 75.5 Å². The van der Waals surface area contributed by atoms with Crippen LogP contribution in [0.1, 0.15) is 55.7 Å². The Labute approximate surface area is 214 Å². The first kappa shape index (κ1) is 23.3. The van der Waals surface area contributed by atoms with Crippen molar-refractivity contribution >= 4 is 5.91 Å². The third kappa shape index (κ3) is 3.18. The number of aliphatic hydroxyl groups is 1. The van der Waals surface area contributed by atoms with E-state index in [-0.39, 0.29) is 18.1 Å². The number of likely N-dealkylation sites (tertiary alicyclic amines) is 3. The lowest BCUT2D eigenvalue weighted by atomic mass is 9.52. The standard InChI is InChI=1S/C29H41N3O4/c1-18-6-9-30(14-18)17-24(33)32-11-8-29(34)22-13-21-12-19(2)26(35-3)27-25(21)28(29,23(16-32)36-27)7-10-31(22)15-20-4-5-20/h12,18,20,22-23,34H,4-11,13-17H2,1-3H3/t18-,22-,23+,28-,29-/m1/s1. The quantitative estimate of drug-likeness (QED) is 0.677. The van der Waals surface area contributed by atoms with Crippen LogP contribution >= 0.6 is 0 Å². The van der Waals surface area contributed by atoms with Crippen LogP contribution in [-0.2, 0) is 16.6 Å². The summed E-state index contributed by atoms with van der Waals surface area (Å²) >= 11 is 0. The van der Waals surface area contributed by atoms with E-state index in [4.69, 9.17) is 9.47 Å². The number of piperidine rings is 1. The molecule has 3 saturated heterocycles. The number of amides is 1. The molecule has 2 aliphatic carbocycles. The molecule has 6 aliphatic rings. The lowest BCUT2D eigenvalue weighted by Gasteiger charge is -2.60. The third-order valence-electron chi connectivity index (χ3n) is 10.5. The minimum atomic E-state index is -0.916. The van der Waals surface area contributed by atoms with Crippen molar-refractivity contribution in [2.75, 3.05) is 52.9 Å². The monoisotopic (exact) mass is 495 g/mol. The van der Waals surface area contributed by atoms with Crippen LogP contribution in [0.2, 0.25) is 0 Å². The predicted molar refractivity (Wildman–Crippen MR) is 137 cm³/mol. The van der Waals surface area contributed by atoms with Crippen molar-refractivity contribution in [2.24, 2.45) is 11.8 Å². The fourth-order valence-electron chi connectivity index (χ4n) is 8.55. The Morgan fingerprint density at radius 2 is 2.03 bits per heavy atom. The number of methoxy groups -OCH3 is 1. The van der Waals surface area contributed by atoms with Gasteiger partial charge in [-0.2, -0.15) is 0 Å². The van der Waals surface area contributed by atoms with E-state index < -0.39 is 11.0 Å². The van der Waals surface area contributed by atoms with E-state index in [0.29, 0.717) is 32.0 Å². The maximum absolute atomic E-state index is 13.6. The lowest BCUT2D eigenvalue weighted by Crippen LogP contribution is -2.74. The molecule has 7 rings (SSSR count). The van der Waals surface area contributed by atoms with Crippen molar-refractivity contribution in [3.63, 3.8) is 0 Å². The zero-order valence-corrected chi connectivity index (χ0v) is 22.1. The maximum Gasteiger partial charge on any atom is 0.236 e. The largest absolute Gasteiger partial charge is 0.493 e. The average molecular weight is 496 g/mol. The van der Waals surface area contributed by atoms with E-state index in [1.165, 1.54) is 24.0 Å². The molecule has 1 spiro atoms. The minimum absolute atomic E-state index is 0.0682. The summed E-state index contributed by atoms with van der Waals surface area (Å²) in [5.74, 6) is 3.23. The molecule has 0 unspecified atom stereocenters. The number of rotatable bonds is 5. The summed E-state index contributed by atoms with van der Waals surface area (Å²) in [6, 6.07) is 2.35. The molecule has 5 atom stereocenters. The number of aryl methyl sites for hydroxylation is 1.